The second-order valence-electron chi connectivity index (χ2n) is 9.32. The fourth-order valence-electron chi connectivity index (χ4n) is 3.50. The number of hydrogen-bond acceptors (Lipinski definition) is 6. The van der Waals surface area contributed by atoms with E-state index in [4.69, 9.17) is 4.74 Å². The largest absolute Gasteiger partial charge is 0.493 e. The highest BCUT2D eigenvalue weighted by Gasteiger charge is 2.23. The normalized spacial score (nSPS) is 12.8. The van der Waals surface area contributed by atoms with Crippen molar-refractivity contribution in [3.8, 4) is 5.75 Å². The monoisotopic (exact) mass is 439 g/mol. The van der Waals surface area contributed by atoms with Gasteiger partial charge in [0.05, 0.1) is 6.61 Å². The van der Waals surface area contributed by atoms with Crippen LogP contribution < -0.4 is 20.3 Å². The van der Waals surface area contributed by atoms with Crippen LogP contribution in [0.15, 0.2) is 30.5 Å². The van der Waals surface area contributed by atoms with Crippen molar-refractivity contribution in [2.75, 3.05) is 23.4 Å². The number of hydrogen-bond donors (Lipinski definition) is 2. The third kappa shape index (κ3) is 6.42. The first kappa shape index (κ1) is 23.5. The van der Waals surface area contributed by atoms with Crippen LogP contribution >= 0.6 is 0 Å². The van der Waals surface area contributed by atoms with E-state index in [1.165, 1.54) is 0 Å². The molecule has 0 saturated carbocycles. The minimum atomic E-state index is -0.289. The number of nitrogens with one attached hydrogen (secondary N) is 2. The topological polar surface area (TPSA) is 96.5 Å². The third-order valence-electron chi connectivity index (χ3n) is 4.82. The Labute approximate surface area is 189 Å². The van der Waals surface area contributed by atoms with Gasteiger partial charge in [-0.05, 0) is 70.9 Å². The van der Waals surface area contributed by atoms with Crippen molar-refractivity contribution >= 4 is 23.6 Å². The molecule has 1 aliphatic rings. The number of carbonyl (C=O) groups excluding carboxylic acids is 2. The average Bonchev–Trinajstić information content (AvgIpc) is 3.17. The van der Waals surface area contributed by atoms with Crippen LogP contribution in [0.4, 0.5) is 11.8 Å². The van der Waals surface area contributed by atoms with Crippen molar-refractivity contribution in [2.45, 2.75) is 65.5 Å². The summed E-state index contributed by atoms with van der Waals surface area (Å²) in [5.74, 6) is 1.59. The molecule has 0 fully saturated rings. The highest BCUT2D eigenvalue weighted by atomic mass is 16.5. The van der Waals surface area contributed by atoms with Crippen LogP contribution in [-0.4, -0.2) is 46.5 Å². The van der Waals surface area contributed by atoms with Crippen molar-refractivity contribution in [3.05, 3.63) is 41.6 Å². The molecule has 8 heteroatoms. The molecule has 3 rings (SSSR count). The summed E-state index contributed by atoms with van der Waals surface area (Å²) in [7, 11) is 0. The first-order valence-electron chi connectivity index (χ1n) is 11.1. The first-order chi connectivity index (χ1) is 15.1. The molecule has 0 saturated heterocycles. The maximum absolute atomic E-state index is 13.5. The number of rotatable bonds is 8. The predicted octanol–water partition coefficient (Wildman–Crippen LogP) is 3.57. The van der Waals surface area contributed by atoms with Gasteiger partial charge in [-0.3, -0.25) is 14.5 Å². The second kappa shape index (κ2) is 9.97. The number of aromatic nitrogens is 2. The zero-order valence-corrected chi connectivity index (χ0v) is 19.6. The Hall–Kier alpha value is -3.16. The standard InChI is InChI=1S/C24H33N5O3/c1-16(2)26-23-25-12-10-20(27-23)29(13-6-7-21(30)28-24(3,4)5)22(31)18-8-9-19-17(15-18)11-14-32-19/h8-10,12,15-16H,6-7,11,13-14H2,1-5H3,(H,28,30)(H,25,26,27). The zero-order chi connectivity index (χ0) is 23.3. The summed E-state index contributed by atoms with van der Waals surface area (Å²) in [5, 5.41) is 6.13. The summed E-state index contributed by atoms with van der Waals surface area (Å²) in [6.45, 7) is 10.8. The number of carbonyl (C=O) groups is 2. The quantitative estimate of drug-likeness (QED) is 0.653. The van der Waals surface area contributed by atoms with Gasteiger partial charge in [-0.2, -0.15) is 4.98 Å². The smallest absolute Gasteiger partial charge is 0.259 e. The molecule has 8 nitrogen and oxygen atoms in total. The van der Waals surface area contributed by atoms with Gasteiger partial charge in [0.25, 0.3) is 5.91 Å². The zero-order valence-electron chi connectivity index (χ0n) is 19.6. The minimum Gasteiger partial charge on any atom is -0.493 e. The van der Waals surface area contributed by atoms with Crippen LogP contribution in [0.5, 0.6) is 5.75 Å². The molecule has 2 aromatic rings. The van der Waals surface area contributed by atoms with Crippen LogP contribution in [0.3, 0.4) is 0 Å². The lowest BCUT2D eigenvalue weighted by atomic mass is 10.1. The Balaban J connectivity index is 1.81. The molecule has 1 aromatic heterocycles. The molecule has 0 spiro atoms. The van der Waals surface area contributed by atoms with Gasteiger partial charge in [0.2, 0.25) is 11.9 Å². The molecule has 1 aliphatic heterocycles. The lowest BCUT2D eigenvalue weighted by Gasteiger charge is -2.24. The summed E-state index contributed by atoms with van der Waals surface area (Å²) in [6.07, 6.45) is 3.26. The Kier molecular flexibility index (Phi) is 7.33. The highest BCUT2D eigenvalue weighted by molar-refractivity contribution is 6.05. The number of nitrogens with zero attached hydrogens (tertiary/aromatic N) is 3. The number of benzene rings is 1. The fourth-order valence-corrected chi connectivity index (χ4v) is 3.50. The van der Waals surface area contributed by atoms with Crippen LogP contribution in [0.25, 0.3) is 0 Å². The van der Waals surface area contributed by atoms with E-state index in [2.05, 4.69) is 20.6 Å². The van der Waals surface area contributed by atoms with E-state index in [0.717, 1.165) is 17.7 Å². The van der Waals surface area contributed by atoms with Crippen LogP contribution in [0, 0.1) is 0 Å². The van der Waals surface area contributed by atoms with Gasteiger partial charge >= 0.3 is 0 Å². The SMILES string of the molecule is CC(C)Nc1nccc(N(CCCC(=O)NC(C)(C)C)C(=O)c2ccc3c(c2)CCO3)n1. The minimum absolute atomic E-state index is 0.0376. The maximum Gasteiger partial charge on any atom is 0.259 e. The van der Waals surface area contributed by atoms with Crippen molar-refractivity contribution in [3.63, 3.8) is 0 Å². The molecule has 172 valence electrons. The molecule has 2 heterocycles. The highest BCUT2D eigenvalue weighted by Crippen LogP contribution is 2.27. The van der Waals surface area contributed by atoms with Gasteiger partial charge in [-0.1, -0.05) is 0 Å². The molecule has 2 amide bonds. The van der Waals surface area contributed by atoms with Crippen LogP contribution in [-0.2, 0) is 11.2 Å². The number of fused-ring (bicyclic) bond motifs is 1. The fraction of sp³-hybridized carbons (Fsp3) is 0.500. The molecule has 0 bridgehead atoms. The van der Waals surface area contributed by atoms with E-state index in [-0.39, 0.29) is 23.4 Å². The van der Waals surface area contributed by atoms with E-state index < -0.39 is 0 Å². The van der Waals surface area contributed by atoms with E-state index >= 15 is 0 Å². The summed E-state index contributed by atoms with van der Waals surface area (Å²) in [6, 6.07) is 7.39. The maximum atomic E-state index is 13.5. The van der Waals surface area contributed by atoms with Gasteiger partial charge in [0.1, 0.15) is 11.6 Å². The lowest BCUT2D eigenvalue weighted by molar-refractivity contribution is -0.122. The van der Waals surface area contributed by atoms with Crippen molar-refractivity contribution in [1.29, 1.82) is 0 Å². The van der Waals surface area contributed by atoms with Gasteiger partial charge in [-0.25, -0.2) is 4.98 Å². The van der Waals surface area contributed by atoms with Gasteiger partial charge < -0.3 is 15.4 Å². The van der Waals surface area contributed by atoms with Crippen LogP contribution in [0.1, 0.15) is 63.4 Å². The van der Waals surface area contributed by atoms with Crippen LogP contribution in [0.2, 0.25) is 0 Å². The van der Waals surface area contributed by atoms with E-state index in [1.807, 2.05) is 46.8 Å². The third-order valence-corrected chi connectivity index (χ3v) is 4.82. The van der Waals surface area contributed by atoms with Gasteiger partial charge in [-0.15, -0.1) is 0 Å². The first-order valence-corrected chi connectivity index (χ1v) is 11.1. The lowest BCUT2D eigenvalue weighted by Crippen LogP contribution is -2.41. The Morgan fingerprint density at radius 1 is 1.22 bits per heavy atom. The predicted molar refractivity (Wildman–Crippen MR) is 125 cm³/mol. The average molecular weight is 440 g/mol. The summed E-state index contributed by atoms with van der Waals surface area (Å²) < 4.78 is 5.56. The molecule has 1 aromatic carbocycles. The van der Waals surface area contributed by atoms with Gasteiger partial charge in [0.15, 0.2) is 0 Å². The Morgan fingerprint density at radius 3 is 2.72 bits per heavy atom. The number of ether oxygens (including phenoxy) is 1. The van der Waals surface area contributed by atoms with Gasteiger partial charge in [0, 0.05) is 42.7 Å². The van der Waals surface area contributed by atoms with E-state index in [1.54, 1.807) is 23.2 Å². The number of anilines is 2. The molecular weight excluding hydrogens is 406 g/mol. The Bertz CT molecular complexity index is 968. The molecule has 32 heavy (non-hydrogen) atoms. The Morgan fingerprint density at radius 2 is 2.00 bits per heavy atom. The second-order valence-corrected chi connectivity index (χ2v) is 9.32. The number of amides is 2. The summed E-state index contributed by atoms with van der Waals surface area (Å²) in [5.41, 5.74) is 1.32. The summed E-state index contributed by atoms with van der Waals surface area (Å²) >= 11 is 0. The van der Waals surface area contributed by atoms with E-state index in [0.29, 0.717) is 43.3 Å². The molecule has 2 N–H and O–H groups in total. The molecule has 0 unspecified atom stereocenters. The molecule has 0 atom stereocenters. The molecular formula is C24H33N5O3. The molecule has 0 aliphatic carbocycles. The summed E-state index contributed by atoms with van der Waals surface area (Å²) in [4.78, 5) is 36.2. The van der Waals surface area contributed by atoms with E-state index in [9.17, 15) is 9.59 Å². The van der Waals surface area contributed by atoms with Crippen molar-refractivity contribution in [2.24, 2.45) is 0 Å². The van der Waals surface area contributed by atoms with Crippen molar-refractivity contribution in [1.82, 2.24) is 15.3 Å². The van der Waals surface area contributed by atoms with Crippen molar-refractivity contribution < 1.29 is 14.3 Å². The molecule has 0 radical (unpaired) electrons.